The highest BCUT2D eigenvalue weighted by atomic mass is 16.4. The van der Waals surface area contributed by atoms with E-state index in [1.54, 1.807) is 0 Å². The summed E-state index contributed by atoms with van der Waals surface area (Å²) in [6.45, 7) is 1.84. The van der Waals surface area contributed by atoms with E-state index in [9.17, 15) is 9.59 Å². The lowest BCUT2D eigenvalue weighted by molar-refractivity contribution is -0.145. The summed E-state index contributed by atoms with van der Waals surface area (Å²) in [5.74, 6) is 0.616. The summed E-state index contributed by atoms with van der Waals surface area (Å²) in [5.41, 5.74) is 0. The van der Waals surface area contributed by atoms with Gasteiger partial charge in [-0.05, 0) is 56.8 Å². The van der Waals surface area contributed by atoms with E-state index in [0.29, 0.717) is 6.42 Å². The summed E-state index contributed by atoms with van der Waals surface area (Å²) in [6.07, 6.45) is 8.11. The average Bonchev–Trinajstić information content (AvgIpc) is 3.32. The van der Waals surface area contributed by atoms with E-state index >= 15 is 0 Å². The second kappa shape index (κ2) is 5.74. The molecule has 0 aromatic heterocycles. The van der Waals surface area contributed by atoms with E-state index in [0.717, 1.165) is 44.2 Å². The van der Waals surface area contributed by atoms with Crippen molar-refractivity contribution >= 4 is 11.9 Å². The fraction of sp³-hybridized carbons (Fsp3) is 0.875. The van der Waals surface area contributed by atoms with Crippen molar-refractivity contribution < 1.29 is 14.7 Å². The number of amides is 1. The van der Waals surface area contributed by atoms with Gasteiger partial charge in [0, 0.05) is 19.0 Å². The third kappa shape index (κ3) is 3.53. The highest BCUT2D eigenvalue weighted by Gasteiger charge is 2.37. The van der Waals surface area contributed by atoms with E-state index < -0.39 is 5.97 Å². The Morgan fingerprint density at radius 3 is 1.95 bits per heavy atom. The SMILES string of the molecule is O=C(O)C1CCCC(C(=O)N(CC2CC2)CC2CC2)C1. The highest BCUT2D eigenvalue weighted by molar-refractivity contribution is 5.80. The Hall–Kier alpha value is -1.06. The number of hydrogen-bond acceptors (Lipinski definition) is 2. The van der Waals surface area contributed by atoms with Crippen molar-refractivity contribution in [3.05, 3.63) is 0 Å². The molecule has 3 saturated carbocycles. The van der Waals surface area contributed by atoms with E-state index in [1.807, 2.05) is 0 Å². The number of carboxylic acid groups (broad SMARTS) is 1. The molecule has 0 bridgehead atoms. The predicted octanol–water partition coefficient (Wildman–Crippen LogP) is 2.53. The van der Waals surface area contributed by atoms with Crippen LogP contribution in [0.1, 0.15) is 51.4 Å². The number of aliphatic carboxylic acids is 1. The Kier molecular flexibility index (Phi) is 3.99. The first-order valence-corrected chi connectivity index (χ1v) is 8.15. The Balaban J connectivity index is 1.59. The highest BCUT2D eigenvalue weighted by Crippen LogP contribution is 2.36. The summed E-state index contributed by atoms with van der Waals surface area (Å²) in [5, 5.41) is 9.16. The molecule has 2 unspecified atom stereocenters. The lowest BCUT2D eigenvalue weighted by Crippen LogP contribution is -2.41. The molecule has 3 aliphatic carbocycles. The molecule has 3 fully saturated rings. The molecule has 4 nitrogen and oxygen atoms in total. The minimum atomic E-state index is -0.724. The average molecular weight is 279 g/mol. The van der Waals surface area contributed by atoms with Crippen LogP contribution in [0.3, 0.4) is 0 Å². The zero-order valence-electron chi connectivity index (χ0n) is 12.1. The summed E-state index contributed by atoms with van der Waals surface area (Å²) < 4.78 is 0. The summed E-state index contributed by atoms with van der Waals surface area (Å²) in [6, 6.07) is 0. The summed E-state index contributed by atoms with van der Waals surface area (Å²) in [7, 11) is 0. The number of carboxylic acids is 1. The van der Waals surface area contributed by atoms with Crippen molar-refractivity contribution in [1.29, 1.82) is 0 Å². The van der Waals surface area contributed by atoms with Crippen LogP contribution in [0, 0.1) is 23.7 Å². The maximum absolute atomic E-state index is 12.7. The van der Waals surface area contributed by atoms with Crippen LogP contribution in [-0.2, 0) is 9.59 Å². The molecule has 1 amide bonds. The van der Waals surface area contributed by atoms with Gasteiger partial charge in [-0.2, -0.15) is 0 Å². The van der Waals surface area contributed by atoms with Gasteiger partial charge >= 0.3 is 5.97 Å². The van der Waals surface area contributed by atoms with E-state index in [2.05, 4.69) is 4.90 Å². The molecule has 0 saturated heterocycles. The third-order valence-electron chi connectivity index (χ3n) is 5.04. The first kappa shape index (κ1) is 13.9. The van der Waals surface area contributed by atoms with Crippen molar-refractivity contribution in [1.82, 2.24) is 4.90 Å². The quantitative estimate of drug-likeness (QED) is 0.813. The van der Waals surface area contributed by atoms with Gasteiger partial charge in [-0.25, -0.2) is 0 Å². The van der Waals surface area contributed by atoms with Gasteiger partial charge < -0.3 is 10.0 Å². The zero-order valence-corrected chi connectivity index (χ0v) is 12.1. The number of hydrogen-bond donors (Lipinski definition) is 1. The molecule has 0 heterocycles. The molecule has 4 heteroatoms. The van der Waals surface area contributed by atoms with Crippen molar-refractivity contribution in [3.63, 3.8) is 0 Å². The fourth-order valence-corrected chi connectivity index (χ4v) is 3.38. The number of rotatable bonds is 6. The first-order chi connectivity index (χ1) is 9.63. The lowest BCUT2D eigenvalue weighted by Gasteiger charge is -2.31. The van der Waals surface area contributed by atoms with Crippen LogP contribution in [0.25, 0.3) is 0 Å². The van der Waals surface area contributed by atoms with Crippen LogP contribution in [-0.4, -0.2) is 35.0 Å². The van der Waals surface area contributed by atoms with Crippen molar-refractivity contribution in [3.8, 4) is 0 Å². The molecule has 3 aliphatic rings. The zero-order chi connectivity index (χ0) is 14.1. The van der Waals surface area contributed by atoms with Gasteiger partial charge in [0.2, 0.25) is 5.91 Å². The normalized spacial score (nSPS) is 30.0. The van der Waals surface area contributed by atoms with Crippen LogP contribution < -0.4 is 0 Å². The van der Waals surface area contributed by atoms with Crippen molar-refractivity contribution in [2.45, 2.75) is 51.4 Å². The van der Waals surface area contributed by atoms with Crippen LogP contribution >= 0.6 is 0 Å². The predicted molar refractivity (Wildman–Crippen MR) is 75.1 cm³/mol. The molecule has 3 rings (SSSR count). The molecule has 0 radical (unpaired) electrons. The molecule has 112 valence electrons. The minimum absolute atomic E-state index is 0.0395. The maximum atomic E-state index is 12.7. The van der Waals surface area contributed by atoms with Crippen LogP contribution in [0.2, 0.25) is 0 Å². The fourth-order valence-electron chi connectivity index (χ4n) is 3.38. The lowest BCUT2D eigenvalue weighted by atomic mass is 9.80. The second-order valence-corrected chi connectivity index (χ2v) is 7.03. The van der Waals surface area contributed by atoms with Gasteiger partial charge in [0.25, 0.3) is 0 Å². The van der Waals surface area contributed by atoms with Crippen molar-refractivity contribution in [2.75, 3.05) is 13.1 Å². The molecule has 0 spiro atoms. The number of nitrogens with zero attached hydrogens (tertiary/aromatic N) is 1. The van der Waals surface area contributed by atoms with Gasteiger partial charge in [-0.15, -0.1) is 0 Å². The smallest absolute Gasteiger partial charge is 0.306 e. The minimum Gasteiger partial charge on any atom is -0.481 e. The maximum Gasteiger partial charge on any atom is 0.306 e. The topological polar surface area (TPSA) is 57.6 Å². The van der Waals surface area contributed by atoms with Gasteiger partial charge in [-0.1, -0.05) is 6.42 Å². The van der Waals surface area contributed by atoms with Gasteiger partial charge in [0.1, 0.15) is 0 Å². The van der Waals surface area contributed by atoms with Crippen LogP contribution in [0.4, 0.5) is 0 Å². The standard InChI is InChI=1S/C16H25NO3/c18-15(13-2-1-3-14(8-13)16(19)20)17(9-11-4-5-11)10-12-6-7-12/h11-14H,1-10H2,(H,19,20). The van der Waals surface area contributed by atoms with Crippen molar-refractivity contribution in [2.24, 2.45) is 23.7 Å². The Bertz CT molecular complexity index is 373. The molecule has 20 heavy (non-hydrogen) atoms. The largest absolute Gasteiger partial charge is 0.481 e. The summed E-state index contributed by atoms with van der Waals surface area (Å²) in [4.78, 5) is 25.9. The van der Waals surface area contributed by atoms with Crippen LogP contribution in [0.15, 0.2) is 0 Å². The van der Waals surface area contributed by atoms with Crippen LogP contribution in [0.5, 0.6) is 0 Å². The number of carbonyl (C=O) groups is 2. The van der Waals surface area contributed by atoms with E-state index in [1.165, 1.54) is 25.7 Å². The van der Waals surface area contributed by atoms with E-state index in [4.69, 9.17) is 5.11 Å². The molecule has 2 atom stereocenters. The Morgan fingerprint density at radius 2 is 1.45 bits per heavy atom. The molecule has 1 N–H and O–H groups in total. The molecule has 0 aromatic carbocycles. The summed E-state index contributed by atoms with van der Waals surface area (Å²) >= 11 is 0. The first-order valence-electron chi connectivity index (χ1n) is 8.15. The van der Waals surface area contributed by atoms with E-state index in [-0.39, 0.29) is 17.7 Å². The molecule has 0 aromatic rings. The van der Waals surface area contributed by atoms with Gasteiger partial charge in [0.15, 0.2) is 0 Å². The number of carbonyl (C=O) groups excluding carboxylic acids is 1. The molecular weight excluding hydrogens is 254 g/mol. The van der Waals surface area contributed by atoms with Gasteiger partial charge in [0.05, 0.1) is 5.92 Å². The second-order valence-electron chi connectivity index (χ2n) is 7.03. The van der Waals surface area contributed by atoms with Gasteiger partial charge in [-0.3, -0.25) is 9.59 Å². The monoisotopic (exact) mass is 279 g/mol. The molecule has 0 aliphatic heterocycles. The Morgan fingerprint density at radius 1 is 0.900 bits per heavy atom. The Labute approximate surface area is 120 Å². The molecular formula is C16H25NO3. The third-order valence-corrected chi connectivity index (χ3v) is 5.04.